The molecule has 0 aliphatic heterocycles. The molecule has 0 fully saturated rings. The van der Waals surface area contributed by atoms with E-state index in [-0.39, 0.29) is 0 Å². The number of nitrogens with two attached hydrogens (primary N) is 1. The van der Waals surface area contributed by atoms with Crippen molar-refractivity contribution in [3.05, 3.63) is 33.8 Å². The molecular weight excluding hydrogens is 277 g/mol. The molecule has 0 atom stereocenters. The first-order valence-electron chi connectivity index (χ1n) is 4.74. The lowest BCUT2D eigenvalue weighted by molar-refractivity contribution is 0.777. The van der Waals surface area contributed by atoms with E-state index in [4.69, 9.17) is 17.3 Å². The Hall–Kier alpha value is -0.580. The van der Waals surface area contributed by atoms with Gasteiger partial charge in [-0.2, -0.15) is 0 Å². The Morgan fingerprint density at radius 3 is 3.07 bits per heavy atom. The predicted octanol–water partition coefficient (Wildman–Crippen LogP) is 2.64. The van der Waals surface area contributed by atoms with Gasteiger partial charge in [-0.1, -0.05) is 11.6 Å². The van der Waals surface area contributed by atoms with Gasteiger partial charge in [-0.05, 0) is 41.0 Å². The van der Waals surface area contributed by atoms with Crippen molar-refractivity contribution in [3.63, 3.8) is 0 Å². The van der Waals surface area contributed by atoms with Crippen LogP contribution in [0.3, 0.4) is 0 Å². The number of rotatable bonds is 3. The lowest BCUT2D eigenvalue weighted by Crippen LogP contribution is -2.02. The molecule has 2 heterocycles. The summed E-state index contributed by atoms with van der Waals surface area (Å²) in [6.45, 7) is 0.681. The molecule has 0 amide bonds. The van der Waals surface area contributed by atoms with Crippen molar-refractivity contribution >= 4 is 33.0 Å². The summed E-state index contributed by atoms with van der Waals surface area (Å²) in [5, 5.41) is 0.716. The Morgan fingerprint density at radius 2 is 2.33 bits per heavy atom. The first kappa shape index (κ1) is 10.9. The molecule has 2 aromatic heterocycles. The van der Waals surface area contributed by atoms with Gasteiger partial charge in [0.1, 0.15) is 10.4 Å². The molecule has 0 unspecified atom stereocenters. The van der Waals surface area contributed by atoms with Crippen LogP contribution in [-0.4, -0.2) is 15.9 Å². The van der Waals surface area contributed by atoms with Gasteiger partial charge in [-0.25, -0.2) is 4.98 Å². The summed E-state index contributed by atoms with van der Waals surface area (Å²) in [5.74, 6) is 1.01. The monoisotopic (exact) mass is 287 g/mol. The van der Waals surface area contributed by atoms with E-state index in [1.807, 2.05) is 22.7 Å². The molecule has 0 aliphatic rings. The topological polar surface area (TPSA) is 43.3 Å². The van der Waals surface area contributed by atoms with Crippen LogP contribution in [0.2, 0.25) is 5.02 Å². The van der Waals surface area contributed by atoms with Crippen molar-refractivity contribution in [1.29, 1.82) is 0 Å². The van der Waals surface area contributed by atoms with Crippen LogP contribution in [0.25, 0.3) is 5.52 Å². The average Bonchev–Trinajstić information content (AvgIpc) is 2.53. The zero-order chi connectivity index (χ0) is 10.8. The van der Waals surface area contributed by atoms with Crippen LogP contribution in [0.5, 0.6) is 0 Å². The molecule has 5 heteroatoms. The Kier molecular flexibility index (Phi) is 3.29. The number of aryl methyl sites for hydroxylation is 1. The van der Waals surface area contributed by atoms with Crippen LogP contribution < -0.4 is 5.73 Å². The minimum atomic E-state index is 0.681. The van der Waals surface area contributed by atoms with Gasteiger partial charge in [-0.15, -0.1) is 0 Å². The van der Waals surface area contributed by atoms with E-state index in [0.717, 1.165) is 28.8 Å². The molecule has 0 spiro atoms. The third-order valence-electron chi connectivity index (χ3n) is 2.24. The van der Waals surface area contributed by atoms with E-state index >= 15 is 0 Å². The summed E-state index contributed by atoms with van der Waals surface area (Å²) in [6.07, 6.45) is 3.75. The van der Waals surface area contributed by atoms with Crippen molar-refractivity contribution in [2.24, 2.45) is 5.73 Å². The maximum atomic E-state index is 5.92. The number of aromatic nitrogens is 2. The molecule has 0 saturated carbocycles. The van der Waals surface area contributed by atoms with Crippen molar-refractivity contribution in [3.8, 4) is 0 Å². The van der Waals surface area contributed by atoms with Crippen LogP contribution >= 0.6 is 27.5 Å². The van der Waals surface area contributed by atoms with E-state index in [0.29, 0.717) is 11.6 Å². The van der Waals surface area contributed by atoms with E-state index < -0.39 is 0 Å². The largest absolute Gasteiger partial charge is 0.330 e. The first-order chi connectivity index (χ1) is 7.22. The molecule has 0 bridgehead atoms. The van der Waals surface area contributed by atoms with Gasteiger partial charge in [0.15, 0.2) is 0 Å². The number of imidazole rings is 1. The number of hydrogen-bond acceptors (Lipinski definition) is 2. The summed E-state index contributed by atoms with van der Waals surface area (Å²) in [4.78, 5) is 4.43. The van der Waals surface area contributed by atoms with Gasteiger partial charge in [0, 0.05) is 17.6 Å². The third kappa shape index (κ3) is 2.17. The second-order valence-corrected chi connectivity index (χ2v) is 4.50. The normalized spacial score (nSPS) is 11.1. The summed E-state index contributed by atoms with van der Waals surface area (Å²) in [5.41, 5.74) is 6.48. The number of pyridine rings is 1. The predicted molar refractivity (Wildman–Crippen MR) is 65.3 cm³/mol. The standard InChI is InChI=1S/C10H11BrClN3/c11-10-8-6-7(12)3-5-15(8)9(14-10)2-1-4-13/h3,5-6H,1-2,4,13H2. The highest BCUT2D eigenvalue weighted by Crippen LogP contribution is 2.22. The smallest absolute Gasteiger partial charge is 0.132 e. The maximum Gasteiger partial charge on any atom is 0.132 e. The van der Waals surface area contributed by atoms with Crippen LogP contribution in [0, 0.1) is 0 Å². The Balaban J connectivity index is 2.48. The fourth-order valence-corrected chi connectivity index (χ4v) is 2.19. The average molecular weight is 289 g/mol. The molecule has 2 aromatic rings. The zero-order valence-corrected chi connectivity index (χ0v) is 10.4. The first-order valence-corrected chi connectivity index (χ1v) is 5.91. The van der Waals surface area contributed by atoms with Gasteiger partial charge in [0.25, 0.3) is 0 Å². The van der Waals surface area contributed by atoms with Crippen molar-refractivity contribution < 1.29 is 0 Å². The highest BCUT2D eigenvalue weighted by atomic mass is 79.9. The van der Waals surface area contributed by atoms with Crippen molar-refractivity contribution in [1.82, 2.24) is 9.38 Å². The summed E-state index contributed by atoms with van der Waals surface area (Å²) >= 11 is 9.34. The second-order valence-electron chi connectivity index (χ2n) is 3.31. The highest BCUT2D eigenvalue weighted by Gasteiger charge is 2.08. The molecule has 0 aromatic carbocycles. The van der Waals surface area contributed by atoms with Crippen LogP contribution in [0.15, 0.2) is 22.9 Å². The molecule has 0 aliphatic carbocycles. The zero-order valence-electron chi connectivity index (χ0n) is 8.08. The van der Waals surface area contributed by atoms with Crippen LogP contribution in [-0.2, 0) is 6.42 Å². The van der Waals surface area contributed by atoms with Gasteiger partial charge < -0.3 is 10.1 Å². The highest BCUT2D eigenvalue weighted by molar-refractivity contribution is 9.10. The summed E-state index contributed by atoms with van der Waals surface area (Å²) < 4.78 is 2.86. The van der Waals surface area contributed by atoms with Gasteiger partial charge >= 0.3 is 0 Å². The lowest BCUT2D eigenvalue weighted by Gasteiger charge is -1.99. The molecule has 2 N–H and O–H groups in total. The number of hydrogen-bond donors (Lipinski definition) is 1. The lowest BCUT2D eigenvalue weighted by atomic mass is 10.3. The number of halogens is 2. The van der Waals surface area contributed by atoms with Gasteiger partial charge in [0.2, 0.25) is 0 Å². The minimum Gasteiger partial charge on any atom is -0.330 e. The van der Waals surface area contributed by atoms with E-state index in [9.17, 15) is 0 Å². The molecule has 80 valence electrons. The Bertz CT molecular complexity index is 481. The Morgan fingerprint density at radius 1 is 1.53 bits per heavy atom. The number of nitrogens with zero attached hydrogens (tertiary/aromatic N) is 2. The van der Waals surface area contributed by atoms with Gasteiger partial charge in [-0.3, -0.25) is 0 Å². The van der Waals surface area contributed by atoms with Gasteiger partial charge in [0.05, 0.1) is 5.52 Å². The van der Waals surface area contributed by atoms with Crippen molar-refractivity contribution in [2.45, 2.75) is 12.8 Å². The molecule has 15 heavy (non-hydrogen) atoms. The van der Waals surface area contributed by atoms with Crippen LogP contribution in [0.4, 0.5) is 0 Å². The molecule has 0 radical (unpaired) electrons. The molecular formula is C10H11BrClN3. The summed E-state index contributed by atoms with van der Waals surface area (Å²) in [7, 11) is 0. The van der Waals surface area contributed by atoms with E-state index in [1.54, 1.807) is 0 Å². The fourth-order valence-electron chi connectivity index (χ4n) is 1.52. The molecule has 3 nitrogen and oxygen atoms in total. The van der Waals surface area contributed by atoms with Crippen molar-refractivity contribution in [2.75, 3.05) is 6.54 Å². The minimum absolute atomic E-state index is 0.681. The Labute approximate surface area is 101 Å². The molecule has 0 saturated heterocycles. The van der Waals surface area contributed by atoms with Crippen LogP contribution in [0.1, 0.15) is 12.2 Å². The molecule has 2 rings (SSSR count). The number of fused-ring (bicyclic) bond motifs is 1. The maximum absolute atomic E-state index is 5.92. The van der Waals surface area contributed by atoms with E-state index in [2.05, 4.69) is 20.9 Å². The third-order valence-corrected chi connectivity index (χ3v) is 3.06. The quantitative estimate of drug-likeness (QED) is 0.943. The summed E-state index contributed by atoms with van der Waals surface area (Å²) in [6, 6.07) is 3.75. The fraction of sp³-hybridized carbons (Fsp3) is 0.300. The second kappa shape index (κ2) is 4.51. The SMILES string of the molecule is NCCCc1nc(Br)c2cc(Cl)ccn12. The van der Waals surface area contributed by atoms with E-state index in [1.165, 1.54) is 0 Å².